The molecule has 1 spiro atoms. The molecule has 2 fully saturated rings. The largest absolute Gasteiger partial charge is 0.472 e. The summed E-state index contributed by atoms with van der Waals surface area (Å²) in [5.41, 5.74) is 5.86. The third-order valence-electron chi connectivity index (χ3n) is 4.93. The summed E-state index contributed by atoms with van der Waals surface area (Å²) in [6, 6.07) is 1.68. The smallest absolute Gasteiger partial charge is 0.257 e. The molecule has 1 amide bonds. The third kappa shape index (κ3) is 2.47. The number of nitrogens with two attached hydrogens (primary N) is 1. The molecule has 1 aromatic rings. The molecule has 1 aromatic heterocycles. The average Bonchev–Trinajstić information content (AvgIpc) is 3.05. The highest BCUT2D eigenvalue weighted by molar-refractivity contribution is 5.93. The first kappa shape index (κ1) is 14.6. The maximum Gasteiger partial charge on any atom is 0.257 e. The molecule has 0 unspecified atom stereocenters. The normalized spacial score (nSPS) is 27.6. The Morgan fingerprint density at radius 2 is 2.29 bits per heavy atom. The molecular formula is C15H22N2O4. The van der Waals surface area contributed by atoms with Crippen LogP contribution < -0.4 is 5.73 Å². The number of ether oxygens (including phenoxy) is 1. The van der Waals surface area contributed by atoms with Gasteiger partial charge in [-0.3, -0.25) is 4.79 Å². The van der Waals surface area contributed by atoms with Crippen molar-refractivity contribution >= 4 is 5.91 Å². The number of nitrogens with zero attached hydrogens (tertiary/aromatic N) is 1. The zero-order chi connectivity index (χ0) is 14.9. The Labute approximate surface area is 123 Å². The average molecular weight is 294 g/mol. The van der Waals surface area contributed by atoms with Crippen LogP contribution in [0.25, 0.3) is 0 Å². The van der Waals surface area contributed by atoms with E-state index in [2.05, 4.69) is 0 Å². The first-order chi connectivity index (χ1) is 10.2. The van der Waals surface area contributed by atoms with Crippen LogP contribution in [0.3, 0.4) is 0 Å². The van der Waals surface area contributed by atoms with Crippen LogP contribution in [0.4, 0.5) is 0 Å². The minimum Gasteiger partial charge on any atom is -0.472 e. The zero-order valence-corrected chi connectivity index (χ0v) is 12.0. The van der Waals surface area contributed by atoms with Gasteiger partial charge in [-0.05, 0) is 18.9 Å². The van der Waals surface area contributed by atoms with Gasteiger partial charge < -0.3 is 24.9 Å². The van der Waals surface area contributed by atoms with Gasteiger partial charge in [0.25, 0.3) is 5.91 Å². The number of aliphatic hydroxyl groups excluding tert-OH is 1. The predicted octanol–water partition coefficient (Wildman–Crippen LogP) is 0.610. The Morgan fingerprint density at radius 3 is 2.86 bits per heavy atom. The van der Waals surface area contributed by atoms with E-state index in [1.54, 1.807) is 6.07 Å². The summed E-state index contributed by atoms with van der Waals surface area (Å²) in [5, 5.41) is 10.2. The standard InChI is InChI=1S/C15H22N2O4/c16-4-8-21-13-9-12(18)15(13)2-5-17(6-3-15)14(19)11-1-7-20-10-11/h1,7,10,12-13,18H,2-6,8-9,16H2/t12-,13+/m1/s1. The van der Waals surface area contributed by atoms with Gasteiger partial charge >= 0.3 is 0 Å². The number of furan rings is 1. The molecule has 2 atom stereocenters. The monoisotopic (exact) mass is 294 g/mol. The molecule has 3 rings (SSSR count). The van der Waals surface area contributed by atoms with Crippen LogP contribution in [0.1, 0.15) is 29.6 Å². The van der Waals surface area contributed by atoms with Crippen molar-refractivity contribution in [2.75, 3.05) is 26.2 Å². The third-order valence-corrected chi connectivity index (χ3v) is 4.93. The van der Waals surface area contributed by atoms with Crippen molar-refractivity contribution in [3.63, 3.8) is 0 Å². The number of aliphatic hydroxyl groups is 1. The number of amides is 1. The lowest BCUT2D eigenvalue weighted by Gasteiger charge is -2.56. The fourth-order valence-corrected chi connectivity index (χ4v) is 3.52. The molecule has 1 aliphatic heterocycles. The minimum atomic E-state index is -0.327. The molecule has 2 heterocycles. The summed E-state index contributed by atoms with van der Waals surface area (Å²) < 4.78 is 10.7. The van der Waals surface area contributed by atoms with Gasteiger partial charge in [-0.1, -0.05) is 0 Å². The van der Waals surface area contributed by atoms with Crippen molar-refractivity contribution in [1.29, 1.82) is 0 Å². The first-order valence-corrected chi connectivity index (χ1v) is 7.48. The highest BCUT2D eigenvalue weighted by Crippen LogP contribution is 2.51. The summed E-state index contributed by atoms with van der Waals surface area (Å²) in [7, 11) is 0. The van der Waals surface area contributed by atoms with Crippen molar-refractivity contribution in [1.82, 2.24) is 4.90 Å². The van der Waals surface area contributed by atoms with E-state index in [0.29, 0.717) is 38.2 Å². The second-order valence-electron chi connectivity index (χ2n) is 5.94. The van der Waals surface area contributed by atoms with E-state index in [9.17, 15) is 9.90 Å². The number of likely N-dealkylation sites (tertiary alicyclic amines) is 1. The van der Waals surface area contributed by atoms with E-state index in [0.717, 1.165) is 12.8 Å². The molecule has 0 bridgehead atoms. The van der Waals surface area contributed by atoms with Crippen molar-refractivity contribution < 1.29 is 19.1 Å². The Bertz CT molecular complexity index is 480. The maximum absolute atomic E-state index is 12.3. The highest BCUT2D eigenvalue weighted by atomic mass is 16.5. The van der Waals surface area contributed by atoms with Crippen LogP contribution in [0, 0.1) is 5.41 Å². The summed E-state index contributed by atoms with van der Waals surface area (Å²) in [5.74, 6) is -0.00756. The molecule has 3 N–H and O–H groups in total. The van der Waals surface area contributed by atoms with Gasteiger partial charge in [-0.15, -0.1) is 0 Å². The van der Waals surface area contributed by atoms with E-state index in [1.807, 2.05) is 4.90 Å². The second kappa shape index (κ2) is 5.79. The van der Waals surface area contributed by atoms with Gasteiger partial charge in [0.15, 0.2) is 0 Å². The Hall–Kier alpha value is -1.37. The van der Waals surface area contributed by atoms with Gasteiger partial charge in [0.2, 0.25) is 0 Å². The lowest BCUT2D eigenvalue weighted by molar-refractivity contribution is -0.207. The van der Waals surface area contributed by atoms with Gasteiger partial charge in [-0.2, -0.15) is 0 Å². The molecular weight excluding hydrogens is 272 g/mol. The van der Waals surface area contributed by atoms with Crippen molar-refractivity contribution in [2.24, 2.45) is 11.1 Å². The molecule has 6 nitrogen and oxygen atoms in total. The van der Waals surface area contributed by atoms with E-state index in [4.69, 9.17) is 14.9 Å². The molecule has 1 aliphatic carbocycles. The number of carbonyl (C=O) groups is 1. The molecule has 1 saturated heterocycles. The molecule has 2 aliphatic rings. The van der Waals surface area contributed by atoms with Gasteiger partial charge in [0.1, 0.15) is 6.26 Å². The van der Waals surface area contributed by atoms with E-state index in [-0.39, 0.29) is 23.5 Å². The number of piperidine rings is 1. The van der Waals surface area contributed by atoms with Gasteiger partial charge in [0.05, 0.1) is 30.6 Å². The summed E-state index contributed by atoms with van der Waals surface area (Å²) in [6.45, 7) is 2.30. The number of hydrogen-bond donors (Lipinski definition) is 2. The lowest BCUT2D eigenvalue weighted by atomic mass is 9.58. The topological polar surface area (TPSA) is 88.9 Å². The Kier molecular flexibility index (Phi) is 4.01. The van der Waals surface area contributed by atoms with Crippen molar-refractivity contribution in [3.8, 4) is 0 Å². The summed E-state index contributed by atoms with van der Waals surface area (Å²) >= 11 is 0. The SMILES string of the molecule is NCCO[C@H]1C[C@@H](O)C12CCN(C(=O)c1ccoc1)CC2. The number of rotatable bonds is 4. The number of hydrogen-bond acceptors (Lipinski definition) is 5. The van der Waals surface area contributed by atoms with Gasteiger partial charge in [0, 0.05) is 31.5 Å². The number of carbonyl (C=O) groups excluding carboxylic acids is 1. The van der Waals surface area contributed by atoms with E-state index < -0.39 is 0 Å². The molecule has 116 valence electrons. The van der Waals surface area contributed by atoms with E-state index >= 15 is 0 Å². The van der Waals surface area contributed by atoms with Crippen LogP contribution in [0.5, 0.6) is 0 Å². The lowest BCUT2D eigenvalue weighted by Crippen LogP contribution is -2.62. The quantitative estimate of drug-likeness (QED) is 0.849. The summed E-state index contributed by atoms with van der Waals surface area (Å²) in [6.07, 6.45) is 4.94. The molecule has 0 aromatic carbocycles. The fourth-order valence-electron chi connectivity index (χ4n) is 3.52. The molecule has 0 radical (unpaired) electrons. The van der Waals surface area contributed by atoms with Crippen LogP contribution in [0.15, 0.2) is 23.0 Å². The van der Waals surface area contributed by atoms with Crippen LogP contribution in [-0.4, -0.2) is 54.4 Å². The molecule has 21 heavy (non-hydrogen) atoms. The predicted molar refractivity (Wildman–Crippen MR) is 75.7 cm³/mol. The minimum absolute atomic E-state index is 0.00756. The van der Waals surface area contributed by atoms with Crippen LogP contribution >= 0.6 is 0 Å². The van der Waals surface area contributed by atoms with Crippen LogP contribution in [0.2, 0.25) is 0 Å². The van der Waals surface area contributed by atoms with Crippen molar-refractivity contribution in [2.45, 2.75) is 31.5 Å². The molecule has 1 saturated carbocycles. The van der Waals surface area contributed by atoms with Crippen LogP contribution in [-0.2, 0) is 4.74 Å². The van der Waals surface area contributed by atoms with Gasteiger partial charge in [-0.25, -0.2) is 0 Å². The second-order valence-corrected chi connectivity index (χ2v) is 5.94. The maximum atomic E-state index is 12.3. The fraction of sp³-hybridized carbons (Fsp3) is 0.667. The van der Waals surface area contributed by atoms with E-state index in [1.165, 1.54) is 12.5 Å². The Balaban J connectivity index is 1.60. The highest BCUT2D eigenvalue weighted by Gasteiger charge is 2.56. The Morgan fingerprint density at radius 1 is 1.52 bits per heavy atom. The summed E-state index contributed by atoms with van der Waals surface area (Å²) in [4.78, 5) is 14.1. The zero-order valence-electron chi connectivity index (χ0n) is 12.0. The van der Waals surface area contributed by atoms with Crippen molar-refractivity contribution in [3.05, 3.63) is 24.2 Å². The molecule has 6 heteroatoms. The first-order valence-electron chi connectivity index (χ1n) is 7.48.